The summed E-state index contributed by atoms with van der Waals surface area (Å²) in [7, 11) is 0. The van der Waals surface area contributed by atoms with Crippen LogP contribution in [0.25, 0.3) is 5.95 Å². The van der Waals surface area contributed by atoms with Gasteiger partial charge in [0.1, 0.15) is 17.3 Å². The summed E-state index contributed by atoms with van der Waals surface area (Å²) in [4.78, 5) is 29.1. The van der Waals surface area contributed by atoms with Crippen molar-refractivity contribution in [3.05, 3.63) is 65.4 Å². The van der Waals surface area contributed by atoms with Gasteiger partial charge in [-0.2, -0.15) is 4.98 Å². The molecule has 1 aliphatic heterocycles. The SMILES string of the molecule is Cc1ncc(Cc2ccccc2)n1-c1nc(C(=O)NCC2CC2)cc(N2CCOCC2)n1. The Kier molecular flexibility index (Phi) is 5.85. The van der Waals surface area contributed by atoms with Crippen LogP contribution >= 0.6 is 0 Å². The van der Waals surface area contributed by atoms with Crippen molar-refractivity contribution < 1.29 is 9.53 Å². The first-order valence-electron chi connectivity index (χ1n) is 11.2. The number of nitrogens with one attached hydrogen (secondary N) is 1. The quantitative estimate of drug-likeness (QED) is 0.618. The Hall–Kier alpha value is -3.26. The molecule has 0 atom stereocenters. The zero-order chi connectivity index (χ0) is 21.9. The van der Waals surface area contributed by atoms with Crippen LogP contribution in [0.1, 0.15) is 40.4 Å². The van der Waals surface area contributed by atoms with Crippen LogP contribution in [0.3, 0.4) is 0 Å². The number of carbonyl (C=O) groups excluding carboxylic acids is 1. The van der Waals surface area contributed by atoms with Crippen molar-refractivity contribution >= 4 is 11.7 Å². The van der Waals surface area contributed by atoms with Gasteiger partial charge in [0.2, 0.25) is 5.95 Å². The Labute approximate surface area is 187 Å². The average molecular weight is 433 g/mol. The number of amides is 1. The lowest BCUT2D eigenvalue weighted by atomic mass is 10.1. The van der Waals surface area contributed by atoms with Crippen LogP contribution in [0.2, 0.25) is 0 Å². The van der Waals surface area contributed by atoms with E-state index in [1.807, 2.05) is 35.9 Å². The van der Waals surface area contributed by atoms with Gasteiger partial charge in [-0.1, -0.05) is 30.3 Å². The van der Waals surface area contributed by atoms with Crippen molar-refractivity contribution in [2.75, 3.05) is 37.7 Å². The van der Waals surface area contributed by atoms with E-state index in [2.05, 4.69) is 32.3 Å². The van der Waals surface area contributed by atoms with E-state index in [4.69, 9.17) is 9.72 Å². The molecule has 5 rings (SSSR count). The fourth-order valence-corrected chi connectivity index (χ4v) is 3.94. The molecule has 0 radical (unpaired) electrons. The van der Waals surface area contributed by atoms with Gasteiger partial charge in [-0.05, 0) is 31.2 Å². The second-order valence-corrected chi connectivity index (χ2v) is 8.46. The largest absolute Gasteiger partial charge is 0.378 e. The summed E-state index contributed by atoms with van der Waals surface area (Å²) in [5.41, 5.74) is 2.55. The van der Waals surface area contributed by atoms with E-state index in [1.165, 1.54) is 18.4 Å². The molecule has 0 unspecified atom stereocenters. The molecule has 8 nitrogen and oxygen atoms in total. The molecule has 3 heterocycles. The number of nitrogens with zero attached hydrogens (tertiary/aromatic N) is 5. The lowest BCUT2D eigenvalue weighted by Gasteiger charge is -2.28. The third-order valence-corrected chi connectivity index (χ3v) is 5.96. The summed E-state index contributed by atoms with van der Waals surface area (Å²) in [5.74, 6) is 2.46. The van der Waals surface area contributed by atoms with Gasteiger partial charge in [0.15, 0.2) is 0 Å². The molecule has 3 aromatic rings. The highest BCUT2D eigenvalue weighted by Crippen LogP contribution is 2.27. The predicted molar refractivity (Wildman–Crippen MR) is 121 cm³/mol. The molecule has 2 fully saturated rings. The number of rotatable bonds is 7. The molecule has 1 saturated carbocycles. The Morgan fingerprint density at radius 1 is 1.16 bits per heavy atom. The van der Waals surface area contributed by atoms with Crippen LogP contribution in [-0.2, 0) is 11.2 Å². The lowest BCUT2D eigenvalue weighted by molar-refractivity contribution is 0.0946. The Bertz CT molecular complexity index is 1090. The molecule has 1 N–H and O–H groups in total. The molecule has 166 valence electrons. The van der Waals surface area contributed by atoms with Crippen LogP contribution in [0.4, 0.5) is 5.82 Å². The topological polar surface area (TPSA) is 85.2 Å². The molecule has 1 aliphatic carbocycles. The summed E-state index contributed by atoms with van der Waals surface area (Å²) >= 11 is 0. The number of anilines is 1. The number of imidazole rings is 1. The molecular weight excluding hydrogens is 404 g/mol. The van der Waals surface area contributed by atoms with E-state index in [0.717, 1.165) is 30.4 Å². The summed E-state index contributed by atoms with van der Waals surface area (Å²) in [5, 5.41) is 3.04. The molecule has 8 heteroatoms. The summed E-state index contributed by atoms with van der Waals surface area (Å²) in [6.45, 7) is 5.40. The molecular formula is C24H28N6O2. The molecule has 0 spiro atoms. The fraction of sp³-hybridized carbons (Fsp3) is 0.417. The van der Waals surface area contributed by atoms with Gasteiger partial charge in [-0.25, -0.2) is 9.97 Å². The summed E-state index contributed by atoms with van der Waals surface area (Å²) in [6.07, 6.45) is 4.94. The zero-order valence-corrected chi connectivity index (χ0v) is 18.3. The highest BCUT2D eigenvalue weighted by molar-refractivity contribution is 5.93. The number of morpholine rings is 1. The van der Waals surface area contributed by atoms with Crippen molar-refractivity contribution in [3.8, 4) is 5.95 Å². The second-order valence-electron chi connectivity index (χ2n) is 8.46. The van der Waals surface area contributed by atoms with E-state index in [9.17, 15) is 4.79 Å². The molecule has 2 aromatic heterocycles. The number of hydrogen-bond acceptors (Lipinski definition) is 6. The maximum absolute atomic E-state index is 12.9. The van der Waals surface area contributed by atoms with Gasteiger partial charge in [-0.15, -0.1) is 0 Å². The summed E-state index contributed by atoms with van der Waals surface area (Å²) < 4.78 is 7.45. The minimum atomic E-state index is -0.155. The number of ether oxygens (including phenoxy) is 1. The van der Waals surface area contributed by atoms with Crippen molar-refractivity contribution in [2.24, 2.45) is 5.92 Å². The number of carbonyl (C=O) groups is 1. The van der Waals surface area contributed by atoms with Gasteiger partial charge in [-0.3, -0.25) is 9.36 Å². The Balaban J connectivity index is 1.51. The minimum absolute atomic E-state index is 0.155. The van der Waals surface area contributed by atoms with E-state index in [1.54, 1.807) is 6.07 Å². The monoisotopic (exact) mass is 432 g/mol. The van der Waals surface area contributed by atoms with Gasteiger partial charge in [0.25, 0.3) is 5.91 Å². The van der Waals surface area contributed by atoms with Gasteiger partial charge < -0.3 is 15.0 Å². The van der Waals surface area contributed by atoms with Crippen LogP contribution in [-0.4, -0.2) is 58.3 Å². The van der Waals surface area contributed by atoms with Gasteiger partial charge in [0, 0.05) is 38.3 Å². The highest BCUT2D eigenvalue weighted by atomic mass is 16.5. The number of benzene rings is 1. The average Bonchev–Trinajstić information content (AvgIpc) is 3.60. The van der Waals surface area contributed by atoms with Crippen LogP contribution < -0.4 is 10.2 Å². The molecule has 32 heavy (non-hydrogen) atoms. The molecule has 1 aromatic carbocycles. The van der Waals surface area contributed by atoms with Crippen molar-refractivity contribution in [1.29, 1.82) is 0 Å². The molecule has 0 bridgehead atoms. The van der Waals surface area contributed by atoms with E-state index >= 15 is 0 Å². The Morgan fingerprint density at radius 2 is 1.94 bits per heavy atom. The number of aromatic nitrogens is 4. The van der Waals surface area contributed by atoms with Crippen molar-refractivity contribution in [1.82, 2.24) is 24.8 Å². The lowest BCUT2D eigenvalue weighted by Crippen LogP contribution is -2.37. The predicted octanol–water partition coefficient (Wildman–Crippen LogP) is 2.54. The maximum atomic E-state index is 12.9. The van der Waals surface area contributed by atoms with Gasteiger partial charge in [0.05, 0.1) is 18.9 Å². The smallest absolute Gasteiger partial charge is 0.270 e. The third kappa shape index (κ3) is 4.65. The second kappa shape index (κ2) is 9.08. The first-order valence-corrected chi connectivity index (χ1v) is 11.2. The number of hydrogen-bond donors (Lipinski definition) is 1. The Morgan fingerprint density at radius 3 is 2.69 bits per heavy atom. The van der Waals surface area contributed by atoms with Crippen LogP contribution in [0.15, 0.2) is 42.6 Å². The highest BCUT2D eigenvalue weighted by Gasteiger charge is 2.24. The van der Waals surface area contributed by atoms with Crippen molar-refractivity contribution in [3.63, 3.8) is 0 Å². The zero-order valence-electron chi connectivity index (χ0n) is 18.3. The standard InChI is InChI=1S/C24H28N6O2/c1-17-25-16-20(13-18-5-3-2-4-6-18)30(17)24-27-21(23(31)26-15-19-7-8-19)14-22(28-24)29-9-11-32-12-10-29/h2-6,14,16,19H,7-13,15H2,1H3,(H,26,31). The molecule has 1 amide bonds. The van der Waals surface area contributed by atoms with E-state index in [-0.39, 0.29) is 5.91 Å². The van der Waals surface area contributed by atoms with Gasteiger partial charge >= 0.3 is 0 Å². The van der Waals surface area contributed by atoms with Crippen LogP contribution in [0, 0.1) is 12.8 Å². The number of aryl methyl sites for hydroxylation is 1. The molecule has 1 saturated heterocycles. The van der Waals surface area contributed by atoms with Crippen LogP contribution in [0.5, 0.6) is 0 Å². The first-order chi connectivity index (χ1) is 15.7. The molecule has 2 aliphatic rings. The first kappa shape index (κ1) is 20.6. The minimum Gasteiger partial charge on any atom is -0.378 e. The van der Waals surface area contributed by atoms with E-state index < -0.39 is 0 Å². The summed E-state index contributed by atoms with van der Waals surface area (Å²) in [6, 6.07) is 12.0. The normalized spacial score (nSPS) is 16.2. The maximum Gasteiger partial charge on any atom is 0.270 e. The fourth-order valence-electron chi connectivity index (χ4n) is 3.94. The van der Waals surface area contributed by atoms with E-state index in [0.29, 0.717) is 43.7 Å². The third-order valence-electron chi connectivity index (χ3n) is 5.96. The van der Waals surface area contributed by atoms with Crippen molar-refractivity contribution in [2.45, 2.75) is 26.2 Å².